The van der Waals surface area contributed by atoms with E-state index in [1.54, 1.807) is 6.92 Å². The van der Waals surface area contributed by atoms with E-state index in [-0.39, 0.29) is 0 Å². The van der Waals surface area contributed by atoms with Gasteiger partial charge in [0, 0.05) is 5.56 Å². The van der Waals surface area contributed by atoms with Gasteiger partial charge in [0.1, 0.15) is 7.81 Å². The van der Waals surface area contributed by atoms with Crippen LogP contribution in [-0.2, 0) is 0 Å². The summed E-state index contributed by atoms with van der Waals surface area (Å²) in [5.74, 6) is 5.78. The molecule has 0 spiro atoms. The Balaban J connectivity index is 3.09. The molecule has 0 heterocycles. The summed E-state index contributed by atoms with van der Waals surface area (Å²) >= 11 is 0. The highest BCUT2D eigenvalue weighted by molar-refractivity contribution is 6.33. The van der Waals surface area contributed by atoms with Crippen molar-refractivity contribution in [3.8, 4) is 11.8 Å². The summed E-state index contributed by atoms with van der Waals surface area (Å²) in [5.41, 5.74) is 1.98. The van der Waals surface area contributed by atoms with Crippen LogP contribution in [-0.4, -0.2) is 9.15 Å². The molecule has 0 radical (unpaired) electrons. The zero-order valence-electron chi connectivity index (χ0n) is 7.02. The van der Waals surface area contributed by atoms with Gasteiger partial charge in [-0.25, -0.2) is 0 Å². The van der Waals surface area contributed by atoms with Gasteiger partial charge in [0.15, 0.2) is 0 Å². The molecule has 1 aromatic rings. The predicted octanol–water partition coefficient (Wildman–Crippen LogP) is 0.316. The van der Waals surface area contributed by atoms with Crippen molar-refractivity contribution in [3.05, 3.63) is 29.8 Å². The second-order valence-corrected chi connectivity index (χ2v) is 2.03. The lowest BCUT2D eigenvalue weighted by atomic mass is 9.91. The zero-order valence-corrected chi connectivity index (χ0v) is 6.02. The number of hydrogen-bond donors (Lipinski definition) is 0. The highest BCUT2D eigenvalue weighted by Crippen LogP contribution is 1.90. The molecule has 0 N–H and O–H groups in total. The average Bonchev–Trinajstić information content (AvgIpc) is 2.06. The van der Waals surface area contributed by atoms with Gasteiger partial charge in [0.25, 0.3) is 0 Å². The van der Waals surface area contributed by atoms with Crippen molar-refractivity contribution in [2.24, 2.45) is 0 Å². The molecule has 0 saturated carbocycles. The topological polar surface area (TPSA) is 0 Å². The average molecular weight is 129 g/mol. The van der Waals surface area contributed by atoms with Crippen molar-refractivity contribution in [1.29, 1.82) is 1.34 Å². The van der Waals surface area contributed by atoms with Gasteiger partial charge in [-0.05, 0) is 14.3 Å². The minimum atomic E-state index is 0.310. The third kappa shape index (κ3) is 1.42. The lowest BCUT2D eigenvalue weighted by molar-refractivity contribution is 1.70. The van der Waals surface area contributed by atoms with Crippen LogP contribution in [0.25, 0.3) is 0 Å². The molecule has 1 heteroatoms. The minimum Gasteiger partial charge on any atom is -0.101 e. The molecule has 0 unspecified atom stereocenters. The van der Waals surface area contributed by atoms with Crippen LogP contribution in [0.2, 0.25) is 0 Å². The molecule has 10 heavy (non-hydrogen) atoms. The lowest BCUT2D eigenvalue weighted by Gasteiger charge is -1.93. The van der Waals surface area contributed by atoms with Crippen molar-refractivity contribution in [1.82, 2.24) is 0 Å². The van der Waals surface area contributed by atoms with E-state index >= 15 is 0 Å². The van der Waals surface area contributed by atoms with Crippen molar-refractivity contribution in [2.75, 3.05) is 0 Å². The molecule has 0 amide bonds. The molecule has 0 fully saturated rings. The fourth-order valence-corrected chi connectivity index (χ4v) is 0.777. The third-order valence-electron chi connectivity index (χ3n) is 1.28. The van der Waals surface area contributed by atoms with Crippen molar-refractivity contribution < 1.29 is 0 Å². The Hall–Kier alpha value is -1.16. The Morgan fingerprint density at radius 2 is 2.30 bits per heavy atom. The van der Waals surface area contributed by atoms with Gasteiger partial charge in [-0.15, -0.1) is 5.92 Å². The molecular weight excluding hydrogens is 119 g/mol. The largest absolute Gasteiger partial charge is 0.140 e. The summed E-state index contributed by atoms with van der Waals surface area (Å²) < 4.78 is 7.20. The van der Waals surface area contributed by atoms with Gasteiger partial charge in [0.2, 0.25) is 0 Å². The van der Waals surface area contributed by atoms with Crippen molar-refractivity contribution in [2.45, 2.75) is 6.92 Å². The maximum atomic E-state index is 7.20. The molecule has 0 atom stereocenters. The van der Waals surface area contributed by atoms with Crippen LogP contribution in [0.3, 0.4) is 0 Å². The summed E-state index contributed by atoms with van der Waals surface area (Å²) in [6.45, 7) is 1.81. The summed E-state index contributed by atoms with van der Waals surface area (Å²) in [6.07, 6.45) is 0. The third-order valence-corrected chi connectivity index (χ3v) is 1.28. The van der Waals surface area contributed by atoms with Gasteiger partial charge >= 0.3 is 0 Å². The summed E-state index contributed by atoms with van der Waals surface area (Å²) in [5, 5.41) is 0. The Labute approximate surface area is 64.0 Å². The summed E-state index contributed by atoms with van der Waals surface area (Å²) in [7, 11) is 0.310. The minimum absolute atomic E-state index is 0.310. The van der Waals surface area contributed by atoms with Crippen LogP contribution >= 0.6 is 0 Å². The molecule has 1 aromatic carbocycles. The smallest absolute Gasteiger partial charge is 0.101 e. The monoisotopic (exact) mass is 129 g/mol. The van der Waals surface area contributed by atoms with Crippen molar-refractivity contribution >= 4 is 13.3 Å². The lowest BCUT2D eigenvalue weighted by Crippen LogP contribution is -2.05. The molecule has 0 aliphatic heterocycles. The molecule has 0 aliphatic carbocycles. The fourth-order valence-electron chi connectivity index (χ4n) is 0.777. The number of rotatable bonds is 1. The van der Waals surface area contributed by atoms with Gasteiger partial charge in [-0.3, -0.25) is 0 Å². The van der Waals surface area contributed by atoms with Crippen LogP contribution < -0.4 is 5.46 Å². The van der Waals surface area contributed by atoms with Crippen molar-refractivity contribution in [3.63, 3.8) is 0 Å². The Bertz CT molecular complexity index is 296. The molecule has 1 rings (SSSR count). The molecule has 0 aromatic heterocycles. The first kappa shape index (κ1) is 5.62. The van der Waals surface area contributed by atoms with Gasteiger partial charge in [0.05, 0.1) is 0 Å². The van der Waals surface area contributed by atoms with Gasteiger partial charge in [-0.2, -0.15) is 0 Å². The molecule has 0 bridgehead atoms. The van der Waals surface area contributed by atoms with E-state index in [1.165, 1.54) is 0 Å². The predicted molar refractivity (Wildman–Crippen MR) is 47.2 cm³/mol. The quantitative estimate of drug-likeness (QED) is 0.378. The highest BCUT2D eigenvalue weighted by atomic mass is 13.9. The van der Waals surface area contributed by atoms with E-state index in [1.807, 2.05) is 24.3 Å². The van der Waals surface area contributed by atoms with E-state index < -0.39 is 0 Å². The highest BCUT2D eigenvalue weighted by Gasteiger charge is 1.88. The summed E-state index contributed by atoms with van der Waals surface area (Å²) in [6, 6.07) is 7.76. The number of hydrogen-bond acceptors (Lipinski definition) is 0. The molecule has 0 aliphatic rings. The second kappa shape index (κ2) is 3.13. The van der Waals surface area contributed by atoms with Crippen LogP contribution in [0, 0.1) is 11.8 Å². The first-order valence-electron chi connectivity index (χ1n) is 3.89. The number of benzene rings is 1. The van der Waals surface area contributed by atoms with E-state index in [0.717, 1.165) is 11.0 Å². The normalized spacial score (nSPS) is 9.10. The van der Waals surface area contributed by atoms with Gasteiger partial charge in [-0.1, -0.05) is 29.6 Å². The molecule has 0 nitrogen and oxygen atoms in total. The maximum Gasteiger partial charge on any atom is 0.140 e. The van der Waals surface area contributed by atoms with E-state index in [9.17, 15) is 0 Å². The van der Waals surface area contributed by atoms with Crippen LogP contribution in [0.5, 0.6) is 0 Å². The Morgan fingerprint density at radius 1 is 1.50 bits per heavy atom. The molecular formula is C9H9B. The first-order valence-corrected chi connectivity index (χ1v) is 3.18. The van der Waals surface area contributed by atoms with E-state index in [4.69, 9.17) is 1.34 Å². The first-order chi connectivity index (χ1) is 5.38. The van der Waals surface area contributed by atoms with Crippen LogP contribution in [0.1, 0.15) is 12.5 Å². The SMILES string of the molecule is [2H]Bc1ccccc1C#CC. The summed E-state index contributed by atoms with van der Waals surface area (Å²) in [4.78, 5) is 0. The Kier molecular flexibility index (Phi) is 1.76. The Morgan fingerprint density at radius 3 is 3.00 bits per heavy atom. The standard InChI is InChI=1S/C9H9B/c1-2-5-8-6-3-4-7-9(8)10/h3-4,6-7H,10H2,1H3/i10D. The zero-order chi connectivity index (χ0) is 8.10. The van der Waals surface area contributed by atoms with E-state index in [0.29, 0.717) is 7.81 Å². The van der Waals surface area contributed by atoms with Crippen LogP contribution in [0.15, 0.2) is 24.3 Å². The fraction of sp³-hybridized carbons (Fsp3) is 0.111. The van der Waals surface area contributed by atoms with Gasteiger partial charge < -0.3 is 0 Å². The maximum absolute atomic E-state index is 7.20. The van der Waals surface area contributed by atoms with E-state index in [2.05, 4.69) is 11.8 Å². The second-order valence-electron chi connectivity index (χ2n) is 2.03. The van der Waals surface area contributed by atoms with Crippen LogP contribution in [0.4, 0.5) is 0 Å². The molecule has 0 saturated heterocycles. The molecule has 48 valence electrons.